The summed E-state index contributed by atoms with van der Waals surface area (Å²) < 4.78 is 0. The van der Waals surface area contributed by atoms with Gasteiger partial charge in [0.05, 0.1) is 0 Å². The summed E-state index contributed by atoms with van der Waals surface area (Å²) in [6.45, 7) is 1.76. The molecule has 0 unspecified atom stereocenters. The summed E-state index contributed by atoms with van der Waals surface area (Å²) in [6.07, 6.45) is 1.87. The maximum atomic E-state index is 11.9. The number of amides is 3. The highest BCUT2D eigenvalue weighted by Gasteiger charge is 2.24. The fourth-order valence-electron chi connectivity index (χ4n) is 2.42. The van der Waals surface area contributed by atoms with Crippen LogP contribution >= 0.6 is 0 Å². The number of benzene rings is 1. The van der Waals surface area contributed by atoms with Gasteiger partial charge in [0.2, 0.25) is 5.91 Å². The van der Waals surface area contributed by atoms with Gasteiger partial charge in [-0.1, -0.05) is 12.1 Å². The first kappa shape index (κ1) is 17.0. The summed E-state index contributed by atoms with van der Waals surface area (Å²) in [7, 11) is 0. The van der Waals surface area contributed by atoms with Gasteiger partial charge in [0, 0.05) is 12.5 Å². The van der Waals surface area contributed by atoms with Crippen molar-refractivity contribution in [2.75, 3.05) is 19.6 Å². The van der Waals surface area contributed by atoms with E-state index >= 15 is 0 Å². The molecule has 1 aromatic rings. The molecule has 0 spiro atoms. The van der Waals surface area contributed by atoms with E-state index in [1.807, 2.05) is 0 Å². The molecule has 1 aliphatic heterocycles. The fraction of sp³-hybridized carbons (Fsp3) is 0.438. The van der Waals surface area contributed by atoms with Crippen molar-refractivity contribution in [3.8, 4) is 5.75 Å². The minimum atomic E-state index is -0.917. The molecule has 0 atom stereocenters. The highest BCUT2D eigenvalue weighted by molar-refractivity contribution is 6.37. The Morgan fingerprint density at radius 3 is 2.39 bits per heavy atom. The Balaban J connectivity index is 1.71. The average molecular weight is 319 g/mol. The number of rotatable bonds is 4. The molecule has 1 fully saturated rings. The number of phenolic OH excluding ortho intramolecular Hbond substituents is 1. The lowest BCUT2D eigenvalue weighted by atomic mass is 9.97. The normalized spacial score (nSPS) is 15.0. The number of aromatic hydroxyl groups is 1. The van der Waals surface area contributed by atoms with E-state index in [4.69, 9.17) is 0 Å². The van der Waals surface area contributed by atoms with E-state index in [0.29, 0.717) is 19.3 Å². The quantitative estimate of drug-likeness (QED) is 0.570. The van der Waals surface area contributed by atoms with Gasteiger partial charge in [-0.3, -0.25) is 19.7 Å². The second-order valence-electron chi connectivity index (χ2n) is 5.51. The van der Waals surface area contributed by atoms with Gasteiger partial charge >= 0.3 is 11.8 Å². The zero-order valence-corrected chi connectivity index (χ0v) is 12.8. The molecule has 0 radical (unpaired) electrons. The third kappa shape index (κ3) is 5.37. The van der Waals surface area contributed by atoms with E-state index < -0.39 is 11.8 Å². The molecule has 7 nitrogen and oxygen atoms in total. The Morgan fingerprint density at radius 2 is 1.74 bits per heavy atom. The molecular weight excluding hydrogens is 298 g/mol. The molecular formula is C16H21N3O4. The molecule has 1 saturated heterocycles. The van der Waals surface area contributed by atoms with Crippen LogP contribution in [-0.2, 0) is 20.8 Å². The van der Waals surface area contributed by atoms with Crippen LogP contribution < -0.4 is 16.0 Å². The van der Waals surface area contributed by atoms with Crippen LogP contribution in [0.25, 0.3) is 0 Å². The minimum Gasteiger partial charge on any atom is -0.508 e. The molecule has 1 aromatic carbocycles. The summed E-state index contributed by atoms with van der Waals surface area (Å²) in [5, 5.41) is 16.9. The van der Waals surface area contributed by atoms with Crippen LogP contribution in [0.4, 0.5) is 0 Å². The van der Waals surface area contributed by atoms with E-state index in [0.717, 1.165) is 18.7 Å². The molecule has 4 N–H and O–H groups in total. The van der Waals surface area contributed by atoms with Gasteiger partial charge in [0.1, 0.15) is 5.75 Å². The van der Waals surface area contributed by atoms with Crippen LogP contribution in [0.3, 0.4) is 0 Å². The van der Waals surface area contributed by atoms with Gasteiger partial charge < -0.3 is 15.7 Å². The van der Waals surface area contributed by atoms with Crippen LogP contribution in [0, 0.1) is 5.92 Å². The minimum absolute atomic E-state index is 0.175. The van der Waals surface area contributed by atoms with Crippen molar-refractivity contribution in [2.45, 2.75) is 19.3 Å². The molecule has 2 rings (SSSR count). The number of carbonyl (C=O) groups excluding carboxylic acids is 3. The largest absolute Gasteiger partial charge is 0.508 e. The average Bonchev–Trinajstić information content (AvgIpc) is 2.57. The number of imide groups is 1. The summed E-state index contributed by atoms with van der Waals surface area (Å²) in [5.41, 5.74) is 0.925. The molecule has 0 aromatic heterocycles. The maximum absolute atomic E-state index is 11.9. The predicted molar refractivity (Wildman–Crippen MR) is 83.6 cm³/mol. The number of phenols is 1. The summed E-state index contributed by atoms with van der Waals surface area (Å²) in [5.74, 6) is -2.16. The highest BCUT2D eigenvalue weighted by Crippen LogP contribution is 2.11. The molecule has 124 valence electrons. The zero-order valence-electron chi connectivity index (χ0n) is 12.8. The first-order valence-electron chi connectivity index (χ1n) is 7.68. The standard InChI is InChI=1S/C16H21N3O4/c20-13-3-1-11(2-4-13)5-10-18-15(22)16(23)19-14(21)12-6-8-17-9-7-12/h1-4,12,17,20H,5-10H2,(H,18,22)(H,19,21,23). The summed E-state index contributed by atoms with van der Waals surface area (Å²) in [6, 6.07) is 6.59. The molecule has 1 heterocycles. The number of hydrogen-bond acceptors (Lipinski definition) is 5. The first-order chi connectivity index (χ1) is 11.1. The van der Waals surface area contributed by atoms with E-state index in [9.17, 15) is 19.5 Å². The number of hydrogen-bond donors (Lipinski definition) is 4. The molecule has 7 heteroatoms. The third-order valence-corrected chi connectivity index (χ3v) is 3.79. The van der Waals surface area contributed by atoms with E-state index in [2.05, 4.69) is 16.0 Å². The summed E-state index contributed by atoms with van der Waals surface area (Å²) in [4.78, 5) is 35.2. The van der Waals surface area contributed by atoms with Crippen molar-refractivity contribution in [2.24, 2.45) is 5.92 Å². The van der Waals surface area contributed by atoms with Gasteiger partial charge in [0.25, 0.3) is 0 Å². The lowest BCUT2D eigenvalue weighted by Crippen LogP contribution is -2.46. The van der Waals surface area contributed by atoms with Crippen molar-refractivity contribution in [3.05, 3.63) is 29.8 Å². The molecule has 0 saturated carbocycles. The van der Waals surface area contributed by atoms with Crippen molar-refractivity contribution >= 4 is 17.7 Å². The fourth-order valence-corrected chi connectivity index (χ4v) is 2.42. The van der Waals surface area contributed by atoms with Gasteiger partial charge in [-0.15, -0.1) is 0 Å². The van der Waals surface area contributed by atoms with Crippen molar-refractivity contribution in [1.29, 1.82) is 0 Å². The van der Waals surface area contributed by atoms with Crippen LogP contribution in [0.1, 0.15) is 18.4 Å². The zero-order chi connectivity index (χ0) is 16.7. The Kier molecular flexibility index (Phi) is 6.10. The van der Waals surface area contributed by atoms with Crippen molar-refractivity contribution in [3.63, 3.8) is 0 Å². The molecule has 0 aliphatic carbocycles. The second-order valence-corrected chi connectivity index (χ2v) is 5.51. The molecule has 23 heavy (non-hydrogen) atoms. The van der Waals surface area contributed by atoms with Crippen molar-refractivity contribution < 1.29 is 19.5 Å². The van der Waals surface area contributed by atoms with Gasteiger partial charge in [0.15, 0.2) is 0 Å². The van der Waals surface area contributed by atoms with Crippen molar-refractivity contribution in [1.82, 2.24) is 16.0 Å². The summed E-state index contributed by atoms with van der Waals surface area (Å²) >= 11 is 0. The third-order valence-electron chi connectivity index (χ3n) is 3.79. The Labute approximate surface area is 134 Å². The Hall–Kier alpha value is -2.41. The number of carbonyl (C=O) groups is 3. The topological polar surface area (TPSA) is 108 Å². The highest BCUT2D eigenvalue weighted by atomic mass is 16.3. The Bertz CT molecular complexity index is 565. The van der Waals surface area contributed by atoms with E-state index in [-0.39, 0.29) is 24.1 Å². The van der Waals surface area contributed by atoms with E-state index in [1.54, 1.807) is 24.3 Å². The molecule has 1 aliphatic rings. The lowest BCUT2D eigenvalue weighted by Gasteiger charge is -2.21. The SMILES string of the molecule is O=C(NCCc1ccc(O)cc1)C(=O)NC(=O)C1CCNCC1. The van der Waals surface area contributed by atoms with Crippen LogP contribution in [0.2, 0.25) is 0 Å². The second kappa shape index (κ2) is 8.28. The van der Waals surface area contributed by atoms with Gasteiger partial charge in [-0.2, -0.15) is 0 Å². The van der Waals surface area contributed by atoms with Crippen LogP contribution in [-0.4, -0.2) is 42.5 Å². The van der Waals surface area contributed by atoms with Gasteiger partial charge in [-0.25, -0.2) is 0 Å². The smallest absolute Gasteiger partial charge is 0.315 e. The maximum Gasteiger partial charge on any atom is 0.315 e. The van der Waals surface area contributed by atoms with Crippen LogP contribution in [0.15, 0.2) is 24.3 Å². The number of piperidine rings is 1. The first-order valence-corrected chi connectivity index (χ1v) is 7.68. The number of nitrogens with one attached hydrogen (secondary N) is 3. The monoisotopic (exact) mass is 319 g/mol. The van der Waals surface area contributed by atoms with E-state index in [1.165, 1.54) is 0 Å². The van der Waals surface area contributed by atoms with Crippen LogP contribution in [0.5, 0.6) is 5.75 Å². The molecule has 3 amide bonds. The molecule has 0 bridgehead atoms. The lowest BCUT2D eigenvalue weighted by molar-refractivity contribution is -0.143. The Morgan fingerprint density at radius 1 is 1.09 bits per heavy atom. The van der Waals surface area contributed by atoms with Gasteiger partial charge in [-0.05, 0) is 50.0 Å². The predicted octanol–water partition coefficient (Wildman–Crippen LogP) is -0.307.